The SMILES string of the molecule is CCC1CN(C(=O)NCC#N)CC1c1nnc2cnc3[nH]ccc3n12. The normalized spacial score (nSPS) is 20.2. The van der Waals surface area contributed by atoms with Gasteiger partial charge in [0, 0.05) is 25.2 Å². The van der Waals surface area contributed by atoms with Gasteiger partial charge in [0.1, 0.15) is 12.4 Å². The summed E-state index contributed by atoms with van der Waals surface area (Å²) in [5.41, 5.74) is 2.41. The Balaban J connectivity index is 1.71. The van der Waals surface area contributed by atoms with Crippen LogP contribution in [0.25, 0.3) is 16.8 Å². The van der Waals surface area contributed by atoms with Crippen LogP contribution >= 0.6 is 0 Å². The van der Waals surface area contributed by atoms with Crippen molar-refractivity contribution in [2.24, 2.45) is 5.92 Å². The zero-order valence-corrected chi connectivity index (χ0v) is 13.8. The highest BCUT2D eigenvalue weighted by Gasteiger charge is 2.38. The van der Waals surface area contributed by atoms with Crippen LogP contribution in [0, 0.1) is 17.2 Å². The molecule has 1 aliphatic rings. The Morgan fingerprint density at radius 1 is 1.48 bits per heavy atom. The van der Waals surface area contributed by atoms with Gasteiger partial charge in [0.15, 0.2) is 11.3 Å². The topological polar surface area (TPSA) is 115 Å². The fourth-order valence-corrected chi connectivity index (χ4v) is 3.61. The molecular weight excluding hydrogens is 320 g/mol. The van der Waals surface area contributed by atoms with E-state index in [2.05, 4.69) is 32.4 Å². The first-order chi connectivity index (χ1) is 12.2. The molecule has 4 heterocycles. The molecular formula is C16H18N8O. The maximum atomic E-state index is 12.2. The molecule has 1 aliphatic heterocycles. The number of nitrogens with one attached hydrogen (secondary N) is 2. The van der Waals surface area contributed by atoms with E-state index >= 15 is 0 Å². The third-order valence-electron chi connectivity index (χ3n) is 4.87. The van der Waals surface area contributed by atoms with Gasteiger partial charge in [0.25, 0.3) is 0 Å². The van der Waals surface area contributed by atoms with Crippen molar-refractivity contribution < 1.29 is 4.79 Å². The summed E-state index contributed by atoms with van der Waals surface area (Å²) in [6.07, 6.45) is 4.47. The van der Waals surface area contributed by atoms with E-state index < -0.39 is 0 Å². The molecule has 1 fully saturated rings. The minimum atomic E-state index is -0.204. The third kappa shape index (κ3) is 2.46. The van der Waals surface area contributed by atoms with E-state index in [9.17, 15) is 4.79 Å². The van der Waals surface area contributed by atoms with Crippen LogP contribution in [-0.2, 0) is 0 Å². The first kappa shape index (κ1) is 15.4. The van der Waals surface area contributed by atoms with E-state index in [1.807, 2.05) is 22.7 Å². The van der Waals surface area contributed by atoms with Crippen LogP contribution in [0.15, 0.2) is 18.5 Å². The second-order valence-electron chi connectivity index (χ2n) is 6.22. The van der Waals surface area contributed by atoms with Gasteiger partial charge in [-0.3, -0.25) is 4.40 Å². The summed E-state index contributed by atoms with van der Waals surface area (Å²) in [6.45, 7) is 3.34. The fraction of sp³-hybridized carbons (Fsp3) is 0.438. The highest BCUT2D eigenvalue weighted by molar-refractivity contribution is 5.75. The number of amides is 2. The summed E-state index contributed by atoms with van der Waals surface area (Å²) in [5, 5.41) is 19.9. The van der Waals surface area contributed by atoms with Gasteiger partial charge in [-0.2, -0.15) is 5.26 Å². The van der Waals surface area contributed by atoms with Gasteiger partial charge in [-0.1, -0.05) is 13.3 Å². The van der Waals surface area contributed by atoms with Crippen LogP contribution in [0.2, 0.25) is 0 Å². The van der Waals surface area contributed by atoms with Crippen molar-refractivity contribution in [2.75, 3.05) is 19.6 Å². The summed E-state index contributed by atoms with van der Waals surface area (Å²) < 4.78 is 2.02. The Hall–Kier alpha value is -3.15. The van der Waals surface area contributed by atoms with Crippen molar-refractivity contribution in [3.63, 3.8) is 0 Å². The number of likely N-dealkylation sites (tertiary alicyclic amines) is 1. The lowest BCUT2D eigenvalue weighted by molar-refractivity contribution is 0.208. The van der Waals surface area contributed by atoms with E-state index in [0.29, 0.717) is 24.7 Å². The van der Waals surface area contributed by atoms with Crippen LogP contribution < -0.4 is 5.32 Å². The van der Waals surface area contributed by atoms with Gasteiger partial charge < -0.3 is 15.2 Å². The van der Waals surface area contributed by atoms with E-state index in [0.717, 1.165) is 23.4 Å². The second-order valence-corrected chi connectivity index (χ2v) is 6.22. The molecule has 0 spiro atoms. The minimum Gasteiger partial charge on any atom is -0.345 e. The predicted molar refractivity (Wildman–Crippen MR) is 89.7 cm³/mol. The van der Waals surface area contributed by atoms with Crippen molar-refractivity contribution in [1.29, 1.82) is 5.26 Å². The number of fused-ring (bicyclic) bond motifs is 3. The fourth-order valence-electron chi connectivity index (χ4n) is 3.61. The quantitative estimate of drug-likeness (QED) is 0.698. The van der Waals surface area contributed by atoms with Crippen molar-refractivity contribution in [3.8, 4) is 6.07 Å². The molecule has 0 bridgehead atoms. The van der Waals surface area contributed by atoms with Crippen LogP contribution in [0.5, 0.6) is 0 Å². The van der Waals surface area contributed by atoms with Gasteiger partial charge in [0.05, 0.1) is 17.8 Å². The van der Waals surface area contributed by atoms with Crippen molar-refractivity contribution in [3.05, 3.63) is 24.3 Å². The first-order valence-electron chi connectivity index (χ1n) is 8.29. The van der Waals surface area contributed by atoms with Crippen molar-refractivity contribution in [1.82, 2.24) is 34.8 Å². The highest BCUT2D eigenvalue weighted by Crippen LogP contribution is 2.34. The molecule has 2 atom stereocenters. The standard InChI is InChI=1S/C16H18N8O/c1-2-10-8-23(16(25)19-6-4-17)9-11(10)15-22-21-13-7-20-14-12(24(13)15)3-5-18-14/h3,5,7,10-11,18H,2,6,8-9H2,1H3,(H,19,25). The van der Waals surface area contributed by atoms with Crippen LogP contribution in [-0.4, -0.2) is 55.1 Å². The third-order valence-corrected chi connectivity index (χ3v) is 4.87. The summed E-state index contributed by atoms with van der Waals surface area (Å²) in [4.78, 5) is 21.4. The second kappa shape index (κ2) is 6.05. The van der Waals surface area contributed by atoms with E-state index in [-0.39, 0.29) is 18.5 Å². The Kier molecular flexibility index (Phi) is 3.72. The molecule has 128 valence electrons. The summed E-state index contributed by atoms with van der Waals surface area (Å²) in [7, 11) is 0. The van der Waals surface area contributed by atoms with Gasteiger partial charge in [-0.15, -0.1) is 10.2 Å². The van der Waals surface area contributed by atoms with Crippen LogP contribution in [0.4, 0.5) is 4.79 Å². The van der Waals surface area contributed by atoms with Crippen LogP contribution in [0.3, 0.4) is 0 Å². The number of hydrogen-bond donors (Lipinski definition) is 2. The molecule has 3 aromatic rings. The van der Waals surface area contributed by atoms with Crippen LogP contribution in [0.1, 0.15) is 25.1 Å². The Bertz CT molecular complexity index is 967. The molecule has 9 heteroatoms. The van der Waals surface area contributed by atoms with Gasteiger partial charge in [-0.25, -0.2) is 9.78 Å². The first-order valence-corrected chi connectivity index (χ1v) is 8.29. The molecule has 9 nitrogen and oxygen atoms in total. The number of aromatic nitrogens is 5. The number of nitriles is 1. The largest absolute Gasteiger partial charge is 0.345 e. The summed E-state index contributed by atoms with van der Waals surface area (Å²) in [5.74, 6) is 1.24. The number of H-pyrrole nitrogens is 1. The maximum Gasteiger partial charge on any atom is 0.318 e. The maximum absolute atomic E-state index is 12.2. The lowest BCUT2D eigenvalue weighted by Crippen LogP contribution is -2.38. The van der Waals surface area contributed by atoms with E-state index in [1.54, 1.807) is 11.1 Å². The lowest BCUT2D eigenvalue weighted by Gasteiger charge is -2.15. The molecule has 0 saturated carbocycles. The zero-order chi connectivity index (χ0) is 17.4. The lowest BCUT2D eigenvalue weighted by atomic mass is 9.93. The number of urea groups is 1. The molecule has 2 amide bonds. The van der Waals surface area contributed by atoms with E-state index in [1.165, 1.54) is 0 Å². The monoisotopic (exact) mass is 338 g/mol. The van der Waals surface area contributed by atoms with Gasteiger partial charge in [-0.05, 0) is 12.0 Å². The van der Waals surface area contributed by atoms with Crippen molar-refractivity contribution >= 4 is 22.8 Å². The average Bonchev–Trinajstić information content (AvgIpc) is 3.34. The molecule has 3 aromatic heterocycles. The molecule has 25 heavy (non-hydrogen) atoms. The zero-order valence-electron chi connectivity index (χ0n) is 13.8. The highest BCUT2D eigenvalue weighted by atomic mass is 16.2. The molecule has 0 aliphatic carbocycles. The number of aromatic amines is 1. The smallest absolute Gasteiger partial charge is 0.318 e. The van der Waals surface area contributed by atoms with Crippen molar-refractivity contribution in [2.45, 2.75) is 19.3 Å². The number of carbonyl (C=O) groups is 1. The van der Waals surface area contributed by atoms with Gasteiger partial charge in [0.2, 0.25) is 0 Å². The Morgan fingerprint density at radius 2 is 2.36 bits per heavy atom. The molecule has 2 N–H and O–H groups in total. The summed E-state index contributed by atoms with van der Waals surface area (Å²) >= 11 is 0. The number of hydrogen-bond acceptors (Lipinski definition) is 5. The minimum absolute atomic E-state index is 0.0142. The van der Waals surface area contributed by atoms with E-state index in [4.69, 9.17) is 5.26 Å². The van der Waals surface area contributed by atoms with Gasteiger partial charge >= 0.3 is 6.03 Å². The summed E-state index contributed by atoms with van der Waals surface area (Å²) in [6, 6.07) is 3.68. The molecule has 1 saturated heterocycles. The predicted octanol–water partition coefficient (Wildman–Crippen LogP) is 1.26. The number of nitrogens with zero attached hydrogens (tertiary/aromatic N) is 6. The Labute approximate surface area is 143 Å². The average molecular weight is 338 g/mol. The Morgan fingerprint density at radius 3 is 3.16 bits per heavy atom. The molecule has 0 aromatic carbocycles. The number of rotatable bonds is 3. The molecule has 4 rings (SSSR count). The number of carbonyl (C=O) groups excluding carboxylic acids is 1. The molecule has 2 unspecified atom stereocenters. The molecule has 0 radical (unpaired) electrons.